The van der Waals surface area contributed by atoms with Gasteiger partial charge in [-0.05, 0) is 32.1 Å². The number of nitrogens with one attached hydrogen (secondary N) is 1. The summed E-state index contributed by atoms with van der Waals surface area (Å²) in [5, 5.41) is 23.1. The quantitative estimate of drug-likeness (QED) is 0.0320. The maximum Gasteiger partial charge on any atom is 0.305 e. The number of hydrogen-bond acceptors (Lipinski definition) is 5. The zero-order chi connectivity index (χ0) is 51.4. The summed E-state index contributed by atoms with van der Waals surface area (Å²) in [5.74, 6) is -0.0498. The number of carbonyl (C=O) groups is 2. The van der Waals surface area contributed by atoms with Crippen molar-refractivity contribution >= 4 is 11.9 Å². The maximum atomic E-state index is 12.5. The van der Waals surface area contributed by atoms with Gasteiger partial charge in [-0.25, -0.2) is 0 Å². The van der Waals surface area contributed by atoms with Crippen LogP contribution in [0.1, 0.15) is 367 Å². The van der Waals surface area contributed by atoms with Gasteiger partial charge in [-0.1, -0.05) is 334 Å². The van der Waals surface area contributed by atoms with Gasteiger partial charge in [0.2, 0.25) is 5.91 Å². The van der Waals surface area contributed by atoms with Crippen molar-refractivity contribution in [3.05, 3.63) is 12.2 Å². The highest BCUT2D eigenvalue weighted by Gasteiger charge is 2.18. The van der Waals surface area contributed by atoms with Gasteiger partial charge in [0.05, 0.1) is 25.4 Å². The molecule has 0 saturated carbocycles. The highest BCUT2D eigenvalue weighted by molar-refractivity contribution is 5.76. The second-order valence-corrected chi connectivity index (χ2v) is 22.5. The Morgan fingerprint density at radius 2 is 0.648 bits per heavy atom. The Hall–Kier alpha value is -1.40. The number of ether oxygens (including phenoxy) is 1. The van der Waals surface area contributed by atoms with Gasteiger partial charge in [0, 0.05) is 12.8 Å². The number of aliphatic hydroxyl groups is 2. The van der Waals surface area contributed by atoms with E-state index in [1.54, 1.807) is 6.08 Å². The SMILES string of the molecule is CCCCCCCCCCCCCC/C=C/C(O)C(CO)NC(=O)CCCCCCCCCCCCCCCCCCCCCCCOC(=O)CCCCCCCCCCCCCCCCCCCCC. The molecule has 3 N–H and O–H groups in total. The summed E-state index contributed by atoms with van der Waals surface area (Å²) in [7, 11) is 0. The third-order valence-corrected chi connectivity index (χ3v) is 15.3. The smallest absolute Gasteiger partial charge is 0.305 e. The molecule has 0 aliphatic rings. The summed E-state index contributed by atoms with van der Waals surface area (Å²) in [6.45, 7) is 4.93. The zero-order valence-electron chi connectivity index (χ0n) is 48.2. The summed E-state index contributed by atoms with van der Waals surface area (Å²) in [5.41, 5.74) is 0. The Balaban J connectivity index is 3.36. The molecule has 0 aromatic heterocycles. The van der Waals surface area contributed by atoms with Gasteiger partial charge in [0.1, 0.15) is 0 Å². The Kier molecular flexibility index (Phi) is 59.9. The first-order valence-corrected chi connectivity index (χ1v) is 32.5. The molecule has 0 aliphatic heterocycles. The minimum absolute atomic E-state index is 0.0169. The predicted molar refractivity (Wildman–Crippen MR) is 310 cm³/mol. The maximum absolute atomic E-state index is 12.5. The fourth-order valence-electron chi connectivity index (χ4n) is 10.3. The van der Waals surface area contributed by atoms with E-state index in [0.717, 1.165) is 38.5 Å². The second-order valence-electron chi connectivity index (χ2n) is 22.5. The van der Waals surface area contributed by atoms with Crippen LogP contribution in [0.3, 0.4) is 0 Å². The molecule has 0 saturated heterocycles. The highest BCUT2D eigenvalue weighted by atomic mass is 16.5. The first-order chi connectivity index (χ1) is 35.0. The van der Waals surface area contributed by atoms with Crippen LogP contribution in [-0.2, 0) is 14.3 Å². The molecule has 6 heteroatoms. The van der Waals surface area contributed by atoms with E-state index in [-0.39, 0.29) is 18.5 Å². The van der Waals surface area contributed by atoms with Crippen LogP contribution < -0.4 is 5.32 Å². The van der Waals surface area contributed by atoms with E-state index in [0.29, 0.717) is 19.4 Å². The lowest BCUT2D eigenvalue weighted by Crippen LogP contribution is -2.45. The Morgan fingerprint density at radius 1 is 0.380 bits per heavy atom. The molecule has 422 valence electrons. The summed E-state index contributed by atoms with van der Waals surface area (Å²) in [4.78, 5) is 24.6. The Bertz CT molecular complexity index is 1060. The average molecular weight is 1000 g/mol. The van der Waals surface area contributed by atoms with E-state index >= 15 is 0 Å². The van der Waals surface area contributed by atoms with Gasteiger partial charge in [-0.2, -0.15) is 0 Å². The van der Waals surface area contributed by atoms with Crippen molar-refractivity contribution in [2.45, 2.75) is 379 Å². The molecule has 0 aromatic carbocycles. The summed E-state index contributed by atoms with van der Waals surface area (Å²) < 4.78 is 5.51. The van der Waals surface area contributed by atoms with Crippen LogP contribution in [0.5, 0.6) is 0 Å². The topological polar surface area (TPSA) is 95.9 Å². The molecular formula is C65H127NO5. The predicted octanol–water partition coefficient (Wildman–Crippen LogP) is 20.4. The summed E-state index contributed by atoms with van der Waals surface area (Å²) >= 11 is 0. The van der Waals surface area contributed by atoms with Crippen LogP contribution in [0.15, 0.2) is 12.2 Å². The molecule has 0 aromatic rings. The van der Waals surface area contributed by atoms with E-state index in [1.807, 2.05) is 6.08 Å². The minimum Gasteiger partial charge on any atom is -0.466 e. The first-order valence-electron chi connectivity index (χ1n) is 32.5. The molecule has 0 fully saturated rings. The molecular weight excluding hydrogens is 875 g/mol. The number of unbranched alkanes of at least 4 members (excludes halogenated alkanes) is 50. The molecule has 0 aliphatic carbocycles. The van der Waals surface area contributed by atoms with Crippen molar-refractivity contribution in [3.8, 4) is 0 Å². The lowest BCUT2D eigenvalue weighted by atomic mass is 10.0. The fraction of sp³-hybridized carbons (Fsp3) is 0.938. The number of carbonyl (C=O) groups excluding carboxylic acids is 2. The lowest BCUT2D eigenvalue weighted by Gasteiger charge is -2.20. The molecule has 0 radical (unpaired) electrons. The van der Waals surface area contributed by atoms with E-state index < -0.39 is 12.1 Å². The fourth-order valence-corrected chi connectivity index (χ4v) is 10.3. The number of amides is 1. The number of hydrogen-bond donors (Lipinski definition) is 3. The van der Waals surface area contributed by atoms with Crippen molar-refractivity contribution < 1.29 is 24.5 Å². The Labute approximate surface area is 444 Å². The van der Waals surface area contributed by atoms with E-state index in [9.17, 15) is 19.8 Å². The van der Waals surface area contributed by atoms with Gasteiger partial charge in [0.15, 0.2) is 0 Å². The van der Waals surface area contributed by atoms with Crippen molar-refractivity contribution in [1.29, 1.82) is 0 Å². The van der Waals surface area contributed by atoms with Crippen LogP contribution in [0, 0.1) is 0 Å². The molecule has 2 unspecified atom stereocenters. The van der Waals surface area contributed by atoms with Crippen molar-refractivity contribution in [3.63, 3.8) is 0 Å². The second kappa shape index (κ2) is 61.1. The van der Waals surface area contributed by atoms with E-state index in [4.69, 9.17) is 4.74 Å². The van der Waals surface area contributed by atoms with Crippen molar-refractivity contribution in [2.75, 3.05) is 13.2 Å². The van der Waals surface area contributed by atoms with Gasteiger partial charge >= 0.3 is 5.97 Å². The van der Waals surface area contributed by atoms with Gasteiger partial charge in [0.25, 0.3) is 0 Å². The Morgan fingerprint density at radius 3 is 0.958 bits per heavy atom. The molecule has 1 amide bonds. The average Bonchev–Trinajstić information content (AvgIpc) is 3.37. The van der Waals surface area contributed by atoms with Crippen LogP contribution >= 0.6 is 0 Å². The number of allylic oxidation sites excluding steroid dienone is 1. The minimum atomic E-state index is -0.844. The van der Waals surface area contributed by atoms with Crippen molar-refractivity contribution in [2.24, 2.45) is 0 Å². The molecule has 0 bridgehead atoms. The summed E-state index contributed by atoms with van der Waals surface area (Å²) in [6.07, 6.45) is 74.1. The molecule has 6 nitrogen and oxygen atoms in total. The van der Waals surface area contributed by atoms with Gasteiger partial charge in [-0.15, -0.1) is 0 Å². The molecule has 2 atom stereocenters. The van der Waals surface area contributed by atoms with Crippen LogP contribution in [0.4, 0.5) is 0 Å². The zero-order valence-corrected chi connectivity index (χ0v) is 48.2. The number of esters is 1. The van der Waals surface area contributed by atoms with Crippen molar-refractivity contribution in [1.82, 2.24) is 5.32 Å². The largest absolute Gasteiger partial charge is 0.466 e. The van der Waals surface area contributed by atoms with E-state index in [1.165, 1.54) is 302 Å². The highest BCUT2D eigenvalue weighted by Crippen LogP contribution is 2.18. The lowest BCUT2D eigenvalue weighted by molar-refractivity contribution is -0.143. The normalized spacial score (nSPS) is 12.6. The van der Waals surface area contributed by atoms with Crippen LogP contribution in [-0.4, -0.2) is 47.4 Å². The molecule has 71 heavy (non-hydrogen) atoms. The standard InChI is InChI=1S/C65H127NO5/c1-3-5-7-9-11-13-15-17-19-20-24-28-31-35-39-43-47-51-55-59-65(70)71-60-56-52-48-44-40-36-32-29-26-23-21-22-25-27-30-34-38-42-46-50-54-58-64(69)66-62(61-67)63(68)57-53-49-45-41-37-33-18-16-14-12-10-8-6-4-2/h53,57,62-63,67-68H,3-52,54-56,58-61H2,1-2H3,(H,66,69)/b57-53+. The third kappa shape index (κ3) is 57.7. The van der Waals surface area contributed by atoms with Gasteiger partial charge < -0.3 is 20.3 Å². The molecule has 0 heterocycles. The van der Waals surface area contributed by atoms with Crippen LogP contribution in [0.2, 0.25) is 0 Å². The summed E-state index contributed by atoms with van der Waals surface area (Å²) in [6, 6.07) is -0.627. The number of rotatable bonds is 61. The molecule has 0 spiro atoms. The van der Waals surface area contributed by atoms with Crippen LogP contribution in [0.25, 0.3) is 0 Å². The number of aliphatic hydroxyl groups excluding tert-OH is 2. The third-order valence-electron chi connectivity index (χ3n) is 15.3. The molecule has 0 rings (SSSR count). The first kappa shape index (κ1) is 69.6. The van der Waals surface area contributed by atoms with Gasteiger partial charge in [-0.3, -0.25) is 9.59 Å². The van der Waals surface area contributed by atoms with E-state index in [2.05, 4.69) is 19.2 Å². The monoisotopic (exact) mass is 1000 g/mol.